The molecule has 4 unspecified atom stereocenters. The number of fused-ring (bicyclic) bond motifs is 1. The molecule has 1 N–H and O–H groups in total. The van der Waals surface area contributed by atoms with E-state index in [1.807, 2.05) is 11.8 Å². The van der Waals surface area contributed by atoms with Gasteiger partial charge in [0.2, 0.25) is 17.7 Å². The molecule has 5 nitrogen and oxygen atoms in total. The van der Waals surface area contributed by atoms with Crippen molar-refractivity contribution < 1.29 is 14.4 Å². The van der Waals surface area contributed by atoms with Gasteiger partial charge in [-0.2, -0.15) is 11.8 Å². The summed E-state index contributed by atoms with van der Waals surface area (Å²) in [7, 11) is 0. The molecule has 0 aromatic rings. The van der Waals surface area contributed by atoms with Crippen molar-refractivity contribution in [1.29, 1.82) is 0 Å². The van der Waals surface area contributed by atoms with Gasteiger partial charge >= 0.3 is 0 Å². The highest BCUT2D eigenvalue weighted by Crippen LogP contribution is 2.39. The van der Waals surface area contributed by atoms with E-state index in [-0.39, 0.29) is 17.7 Å². The van der Waals surface area contributed by atoms with E-state index in [1.54, 1.807) is 0 Å². The SMILES string of the molecule is CC(CCCCC1SCC2CC(=O)NC21)CN1C(=O)CCC1=O. The predicted molar refractivity (Wildman–Crippen MR) is 89.9 cm³/mol. The average Bonchev–Trinajstić information content (AvgIpc) is 3.14. The van der Waals surface area contributed by atoms with Gasteiger partial charge in [-0.25, -0.2) is 0 Å². The number of amides is 3. The molecule has 0 aromatic heterocycles. The molecular formula is C17H26N2O3S. The number of unbranched alkanes of at least 4 members (excludes halogenated alkanes) is 1. The molecule has 0 aliphatic carbocycles. The molecular weight excluding hydrogens is 312 g/mol. The summed E-state index contributed by atoms with van der Waals surface area (Å²) in [5.41, 5.74) is 0. The molecule has 3 heterocycles. The second-order valence-corrected chi connectivity index (χ2v) is 8.49. The van der Waals surface area contributed by atoms with Gasteiger partial charge in [0.15, 0.2) is 0 Å². The Bertz CT molecular complexity index is 480. The number of rotatable bonds is 7. The summed E-state index contributed by atoms with van der Waals surface area (Å²) in [5.74, 6) is 2.24. The first-order valence-corrected chi connectivity index (χ1v) is 9.83. The average molecular weight is 338 g/mol. The van der Waals surface area contributed by atoms with Crippen molar-refractivity contribution in [3.63, 3.8) is 0 Å². The number of likely N-dealkylation sites (tertiary alicyclic amines) is 1. The highest BCUT2D eigenvalue weighted by Gasteiger charge is 2.42. The molecule has 3 aliphatic heterocycles. The van der Waals surface area contributed by atoms with Crippen molar-refractivity contribution in [2.75, 3.05) is 12.3 Å². The molecule has 3 fully saturated rings. The van der Waals surface area contributed by atoms with Crippen LogP contribution < -0.4 is 5.32 Å². The largest absolute Gasteiger partial charge is 0.352 e. The van der Waals surface area contributed by atoms with Gasteiger partial charge < -0.3 is 5.32 Å². The van der Waals surface area contributed by atoms with Gasteiger partial charge in [-0.3, -0.25) is 19.3 Å². The van der Waals surface area contributed by atoms with Gasteiger partial charge in [0.1, 0.15) is 0 Å². The van der Waals surface area contributed by atoms with Crippen LogP contribution in [0.1, 0.15) is 51.9 Å². The number of hydrogen-bond donors (Lipinski definition) is 1. The summed E-state index contributed by atoms with van der Waals surface area (Å²) in [6.45, 7) is 2.70. The van der Waals surface area contributed by atoms with E-state index < -0.39 is 0 Å². The van der Waals surface area contributed by atoms with Gasteiger partial charge in [0, 0.05) is 37.1 Å². The minimum absolute atomic E-state index is 0.00720. The van der Waals surface area contributed by atoms with E-state index in [0.29, 0.717) is 48.9 Å². The zero-order valence-electron chi connectivity index (χ0n) is 13.8. The highest BCUT2D eigenvalue weighted by molar-refractivity contribution is 8.00. The lowest BCUT2D eigenvalue weighted by Gasteiger charge is -2.20. The van der Waals surface area contributed by atoms with Crippen LogP contribution in [0.25, 0.3) is 0 Å². The Hall–Kier alpha value is -1.04. The molecule has 0 spiro atoms. The smallest absolute Gasteiger partial charge is 0.229 e. The summed E-state index contributed by atoms with van der Waals surface area (Å²) in [6.07, 6.45) is 5.97. The number of nitrogens with zero attached hydrogens (tertiary/aromatic N) is 1. The molecule has 0 radical (unpaired) electrons. The van der Waals surface area contributed by atoms with Crippen molar-refractivity contribution in [2.24, 2.45) is 11.8 Å². The molecule has 4 atom stereocenters. The Morgan fingerprint density at radius 1 is 1.22 bits per heavy atom. The number of carbonyl (C=O) groups is 3. The van der Waals surface area contributed by atoms with Crippen molar-refractivity contribution in [1.82, 2.24) is 10.2 Å². The number of thioether (sulfide) groups is 1. The standard InChI is InChI=1S/C17H26N2O3S/c1-11(9-19-15(21)6-7-16(19)22)4-2-3-5-13-17-12(10-23-13)8-14(20)18-17/h11-13,17H,2-10H2,1H3,(H,18,20). The number of hydrogen-bond acceptors (Lipinski definition) is 4. The number of carbonyl (C=O) groups excluding carboxylic acids is 3. The second kappa shape index (κ2) is 7.24. The van der Waals surface area contributed by atoms with Gasteiger partial charge in [0.25, 0.3) is 0 Å². The molecule has 3 saturated heterocycles. The minimum atomic E-state index is -0.00720. The van der Waals surface area contributed by atoms with Crippen LogP contribution in [0.15, 0.2) is 0 Å². The summed E-state index contributed by atoms with van der Waals surface area (Å²) in [5, 5.41) is 3.70. The first kappa shape index (κ1) is 16.8. The molecule has 0 saturated carbocycles. The molecule has 128 valence electrons. The zero-order valence-corrected chi connectivity index (χ0v) is 14.6. The molecule has 0 aromatic carbocycles. The number of nitrogens with one attached hydrogen (secondary N) is 1. The third kappa shape index (κ3) is 3.90. The molecule has 23 heavy (non-hydrogen) atoms. The Labute approximate surface area is 141 Å². The van der Waals surface area contributed by atoms with Crippen LogP contribution in [0.2, 0.25) is 0 Å². The lowest BCUT2D eigenvalue weighted by molar-refractivity contribution is -0.139. The quantitative estimate of drug-likeness (QED) is 0.569. The Balaban J connectivity index is 1.33. The minimum Gasteiger partial charge on any atom is -0.352 e. The van der Waals surface area contributed by atoms with Crippen LogP contribution in [0.3, 0.4) is 0 Å². The van der Waals surface area contributed by atoms with Crippen LogP contribution in [0, 0.1) is 11.8 Å². The molecule has 3 amide bonds. The highest BCUT2D eigenvalue weighted by atomic mass is 32.2. The topological polar surface area (TPSA) is 66.5 Å². The van der Waals surface area contributed by atoms with E-state index in [2.05, 4.69) is 12.2 Å². The van der Waals surface area contributed by atoms with Crippen LogP contribution in [0.4, 0.5) is 0 Å². The number of imide groups is 1. The van der Waals surface area contributed by atoms with E-state index >= 15 is 0 Å². The van der Waals surface area contributed by atoms with Crippen LogP contribution in [-0.2, 0) is 14.4 Å². The molecule has 3 rings (SSSR count). The molecule has 3 aliphatic rings. The lowest BCUT2D eigenvalue weighted by Crippen LogP contribution is -2.34. The van der Waals surface area contributed by atoms with Gasteiger partial charge in [-0.15, -0.1) is 0 Å². The third-order valence-corrected chi connectivity index (χ3v) is 6.87. The molecule has 6 heteroatoms. The fourth-order valence-corrected chi connectivity index (χ4v) is 5.62. The lowest BCUT2D eigenvalue weighted by atomic mass is 9.96. The normalized spacial score (nSPS) is 31.6. The Kier molecular flexibility index (Phi) is 5.29. The summed E-state index contributed by atoms with van der Waals surface area (Å²) >= 11 is 2.01. The fraction of sp³-hybridized carbons (Fsp3) is 0.824. The van der Waals surface area contributed by atoms with Crippen LogP contribution in [0.5, 0.6) is 0 Å². The van der Waals surface area contributed by atoms with Gasteiger partial charge in [0.05, 0.1) is 0 Å². The Morgan fingerprint density at radius 2 is 1.96 bits per heavy atom. The zero-order chi connectivity index (χ0) is 16.4. The maximum absolute atomic E-state index is 11.6. The van der Waals surface area contributed by atoms with Gasteiger partial charge in [-0.05, 0) is 30.4 Å². The monoisotopic (exact) mass is 338 g/mol. The van der Waals surface area contributed by atoms with E-state index in [0.717, 1.165) is 31.4 Å². The van der Waals surface area contributed by atoms with Crippen LogP contribution >= 0.6 is 11.8 Å². The van der Waals surface area contributed by atoms with Crippen molar-refractivity contribution in [3.8, 4) is 0 Å². The van der Waals surface area contributed by atoms with Crippen molar-refractivity contribution in [3.05, 3.63) is 0 Å². The predicted octanol–water partition coefficient (Wildman–Crippen LogP) is 1.95. The Morgan fingerprint density at radius 3 is 2.70 bits per heavy atom. The maximum atomic E-state index is 11.6. The summed E-state index contributed by atoms with van der Waals surface area (Å²) in [6, 6.07) is 0.393. The third-order valence-electron chi connectivity index (χ3n) is 5.29. The van der Waals surface area contributed by atoms with Crippen molar-refractivity contribution in [2.45, 2.75) is 63.2 Å². The first-order valence-electron chi connectivity index (χ1n) is 8.78. The van der Waals surface area contributed by atoms with Gasteiger partial charge in [-0.1, -0.05) is 19.8 Å². The summed E-state index contributed by atoms with van der Waals surface area (Å²) < 4.78 is 0. The van der Waals surface area contributed by atoms with E-state index in [9.17, 15) is 14.4 Å². The molecule has 0 bridgehead atoms. The fourth-order valence-electron chi connectivity index (χ4n) is 3.97. The second-order valence-electron chi connectivity index (χ2n) is 7.22. The van der Waals surface area contributed by atoms with E-state index in [1.165, 1.54) is 4.90 Å². The van der Waals surface area contributed by atoms with E-state index in [4.69, 9.17) is 0 Å². The summed E-state index contributed by atoms with van der Waals surface area (Å²) in [4.78, 5) is 36.1. The first-order chi connectivity index (χ1) is 11.0. The van der Waals surface area contributed by atoms with Crippen LogP contribution in [-0.4, -0.2) is 46.2 Å². The van der Waals surface area contributed by atoms with Crippen molar-refractivity contribution >= 4 is 29.5 Å². The maximum Gasteiger partial charge on any atom is 0.229 e.